The molecule has 2 rings (SSSR count). The molecule has 0 atom stereocenters. The van der Waals surface area contributed by atoms with Crippen molar-refractivity contribution in [1.82, 2.24) is 14.7 Å². The van der Waals surface area contributed by atoms with E-state index in [1.807, 2.05) is 22.9 Å². The highest BCUT2D eigenvalue weighted by Gasteiger charge is 2.07. The van der Waals surface area contributed by atoms with E-state index in [9.17, 15) is 0 Å². The maximum absolute atomic E-state index is 9.09. The minimum Gasteiger partial charge on any atom is -0.390 e. The SMILES string of the molecule is CCCc1noc(Cn2cccc2CO)n1. The fourth-order valence-corrected chi connectivity index (χ4v) is 1.57. The normalized spacial score (nSPS) is 10.9. The summed E-state index contributed by atoms with van der Waals surface area (Å²) in [5.74, 6) is 1.32. The highest BCUT2D eigenvalue weighted by Crippen LogP contribution is 2.07. The van der Waals surface area contributed by atoms with Crippen LogP contribution in [0.4, 0.5) is 0 Å². The van der Waals surface area contributed by atoms with Gasteiger partial charge in [0.2, 0.25) is 5.89 Å². The number of aliphatic hydroxyl groups is 1. The van der Waals surface area contributed by atoms with Crippen LogP contribution in [0.5, 0.6) is 0 Å². The summed E-state index contributed by atoms with van der Waals surface area (Å²) in [5.41, 5.74) is 0.843. The maximum Gasteiger partial charge on any atom is 0.246 e. The molecule has 0 unspecified atom stereocenters. The van der Waals surface area contributed by atoms with Gasteiger partial charge in [-0.05, 0) is 18.6 Å². The van der Waals surface area contributed by atoms with E-state index in [-0.39, 0.29) is 6.61 Å². The molecule has 16 heavy (non-hydrogen) atoms. The third-order valence-electron chi connectivity index (χ3n) is 2.37. The van der Waals surface area contributed by atoms with Crippen molar-refractivity contribution in [3.8, 4) is 0 Å². The predicted molar refractivity (Wildman–Crippen MR) is 57.7 cm³/mol. The maximum atomic E-state index is 9.09. The lowest BCUT2D eigenvalue weighted by Crippen LogP contribution is -2.03. The molecule has 0 fully saturated rings. The first-order valence-electron chi connectivity index (χ1n) is 5.39. The van der Waals surface area contributed by atoms with E-state index in [1.54, 1.807) is 0 Å². The first kappa shape index (κ1) is 10.9. The van der Waals surface area contributed by atoms with Crippen LogP contribution in [0.2, 0.25) is 0 Å². The molecule has 0 spiro atoms. The summed E-state index contributed by atoms with van der Waals surface area (Å²) in [7, 11) is 0. The largest absolute Gasteiger partial charge is 0.390 e. The van der Waals surface area contributed by atoms with Gasteiger partial charge in [0, 0.05) is 18.3 Å². The Hall–Kier alpha value is -1.62. The molecule has 2 heterocycles. The second kappa shape index (κ2) is 4.94. The summed E-state index contributed by atoms with van der Waals surface area (Å²) in [5, 5.41) is 13.0. The van der Waals surface area contributed by atoms with Crippen LogP contribution in [0.25, 0.3) is 0 Å². The summed E-state index contributed by atoms with van der Waals surface area (Å²) in [4.78, 5) is 4.27. The van der Waals surface area contributed by atoms with Gasteiger partial charge in [-0.3, -0.25) is 0 Å². The van der Waals surface area contributed by atoms with Crippen LogP contribution in [0.1, 0.15) is 30.8 Å². The van der Waals surface area contributed by atoms with Gasteiger partial charge in [-0.15, -0.1) is 0 Å². The molecule has 0 aliphatic carbocycles. The van der Waals surface area contributed by atoms with Crippen molar-refractivity contribution in [1.29, 1.82) is 0 Å². The number of nitrogens with zero attached hydrogens (tertiary/aromatic N) is 3. The summed E-state index contributed by atoms with van der Waals surface area (Å²) < 4.78 is 7.02. The molecule has 2 aromatic rings. The molecule has 1 N–H and O–H groups in total. The monoisotopic (exact) mass is 221 g/mol. The van der Waals surface area contributed by atoms with Crippen LogP contribution in [-0.2, 0) is 19.6 Å². The fraction of sp³-hybridized carbons (Fsp3) is 0.455. The first-order valence-corrected chi connectivity index (χ1v) is 5.39. The number of aliphatic hydroxyl groups excluding tert-OH is 1. The first-order chi connectivity index (χ1) is 7.83. The topological polar surface area (TPSA) is 64.1 Å². The van der Waals surface area contributed by atoms with Gasteiger partial charge in [-0.25, -0.2) is 0 Å². The van der Waals surface area contributed by atoms with Gasteiger partial charge in [0.15, 0.2) is 5.82 Å². The second-order valence-electron chi connectivity index (χ2n) is 3.64. The van der Waals surface area contributed by atoms with Gasteiger partial charge < -0.3 is 14.2 Å². The lowest BCUT2D eigenvalue weighted by atomic mass is 10.3. The van der Waals surface area contributed by atoms with E-state index in [2.05, 4.69) is 17.1 Å². The Kier molecular flexibility index (Phi) is 3.36. The highest BCUT2D eigenvalue weighted by molar-refractivity contribution is 5.07. The van der Waals surface area contributed by atoms with E-state index < -0.39 is 0 Å². The van der Waals surface area contributed by atoms with Crippen molar-refractivity contribution in [3.63, 3.8) is 0 Å². The predicted octanol–water partition coefficient (Wildman–Crippen LogP) is 1.36. The zero-order chi connectivity index (χ0) is 11.4. The van der Waals surface area contributed by atoms with Gasteiger partial charge in [-0.2, -0.15) is 4.98 Å². The van der Waals surface area contributed by atoms with E-state index >= 15 is 0 Å². The summed E-state index contributed by atoms with van der Waals surface area (Å²) >= 11 is 0. The second-order valence-corrected chi connectivity index (χ2v) is 3.64. The molecule has 0 saturated carbocycles. The molecule has 0 saturated heterocycles. The number of rotatable bonds is 5. The van der Waals surface area contributed by atoms with E-state index in [1.165, 1.54) is 0 Å². The molecule has 0 radical (unpaired) electrons. The molecule has 5 nitrogen and oxygen atoms in total. The smallest absolute Gasteiger partial charge is 0.246 e. The van der Waals surface area contributed by atoms with Crippen LogP contribution < -0.4 is 0 Å². The molecule has 2 aromatic heterocycles. The van der Waals surface area contributed by atoms with Crippen LogP contribution in [-0.4, -0.2) is 19.8 Å². The van der Waals surface area contributed by atoms with Crippen molar-refractivity contribution in [3.05, 3.63) is 35.7 Å². The number of hydrogen-bond donors (Lipinski definition) is 1. The molecule has 86 valence electrons. The minimum absolute atomic E-state index is 0.0168. The van der Waals surface area contributed by atoms with Crippen molar-refractivity contribution < 1.29 is 9.63 Å². The lowest BCUT2D eigenvalue weighted by molar-refractivity contribution is 0.269. The Morgan fingerprint density at radius 2 is 2.38 bits per heavy atom. The van der Waals surface area contributed by atoms with Crippen LogP contribution in [0.3, 0.4) is 0 Å². The van der Waals surface area contributed by atoms with Gasteiger partial charge in [-0.1, -0.05) is 12.1 Å². The third kappa shape index (κ3) is 2.30. The third-order valence-corrected chi connectivity index (χ3v) is 2.37. The Labute approximate surface area is 93.7 Å². The van der Waals surface area contributed by atoms with Gasteiger partial charge in [0.1, 0.15) is 6.54 Å². The van der Waals surface area contributed by atoms with Crippen LogP contribution >= 0.6 is 0 Å². The van der Waals surface area contributed by atoms with Gasteiger partial charge in [0.05, 0.1) is 6.61 Å². The highest BCUT2D eigenvalue weighted by atomic mass is 16.5. The Morgan fingerprint density at radius 1 is 1.50 bits per heavy atom. The number of hydrogen-bond acceptors (Lipinski definition) is 4. The van der Waals surface area contributed by atoms with E-state index in [0.717, 1.165) is 24.4 Å². The van der Waals surface area contributed by atoms with E-state index in [0.29, 0.717) is 12.4 Å². The van der Waals surface area contributed by atoms with Crippen LogP contribution in [0, 0.1) is 0 Å². The molecule has 0 amide bonds. The number of aromatic nitrogens is 3. The van der Waals surface area contributed by atoms with Crippen LogP contribution in [0.15, 0.2) is 22.9 Å². The van der Waals surface area contributed by atoms with Crippen molar-refractivity contribution >= 4 is 0 Å². The standard InChI is InChI=1S/C11H15N3O2/c1-2-4-10-12-11(16-13-10)7-14-6-3-5-9(14)8-15/h3,5-6,15H,2,4,7-8H2,1H3. The zero-order valence-electron chi connectivity index (χ0n) is 9.26. The van der Waals surface area contributed by atoms with Crippen molar-refractivity contribution in [2.75, 3.05) is 0 Å². The Balaban J connectivity index is 2.08. The molecule has 0 aliphatic rings. The molecule has 0 aliphatic heterocycles. The van der Waals surface area contributed by atoms with Crippen molar-refractivity contribution in [2.45, 2.75) is 32.9 Å². The van der Waals surface area contributed by atoms with E-state index in [4.69, 9.17) is 9.63 Å². The quantitative estimate of drug-likeness (QED) is 0.828. The average molecular weight is 221 g/mol. The summed E-state index contributed by atoms with van der Waals surface area (Å²) in [6.07, 6.45) is 3.72. The zero-order valence-corrected chi connectivity index (χ0v) is 9.26. The lowest BCUT2D eigenvalue weighted by Gasteiger charge is -2.02. The molecule has 0 aromatic carbocycles. The average Bonchev–Trinajstić information content (AvgIpc) is 2.89. The molecular weight excluding hydrogens is 206 g/mol. The summed E-state index contributed by atoms with van der Waals surface area (Å²) in [6.45, 7) is 2.61. The number of aryl methyl sites for hydroxylation is 1. The van der Waals surface area contributed by atoms with Gasteiger partial charge >= 0.3 is 0 Å². The molecule has 0 bridgehead atoms. The van der Waals surface area contributed by atoms with Gasteiger partial charge in [0.25, 0.3) is 0 Å². The molecular formula is C11H15N3O2. The summed E-state index contributed by atoms with van der Waals surface area (Å²) in [6, 6.07) is 3.75. The Bertz CT molecular complexity index is 448. The fourth-order valence-electron chi connectivity index (χ4n) is 1.57. The minimum atomic E-state index is 0.0168. The molecule has 5 heteroatoms. The Morgan fingerprint density at radius 3 is 3.12 bits per heavy atom. The van der Waals surface area contributed by atoms with Crippen molar-refractivity contribution in [2.24, 2.45) is 0 Å².